The minimum Gasteiger partial charge on any atom is -0.508 e. The molecule has 0 spiro atoms. The molecule has 1 aromatic heterocycles. The molecule has 14 amide bonds. The number of aliphatic imine (C=N–C) groups is 1. The van der Waals surface area contributed by atoms with Crippen molar-refractivity contribution in [3.63, 3.8) is 0 Å². The number of hydrogen-bond acceptors (Lipinski definition) is 25. The highest BCUT2D eigenvalue weighted by molar-refractivity contribution is 6.01. The molecule has 0 aliphatic rings. The van der Waals surface area contributed by atoms with Gasteiger partial charge >= 0.3 is 11.9 Å². The van der Waals surface area contributed by atoms with Crippen LogP contribution in [0, 0.1) is 17.8 Å². The van der Waals surface area contributed by atoms with Crippen molar-refractivity contribution < 1.29 is 118 Å². The van der Waals surface area contributed by atoms with Crippen molar-refractivity contribution >= 4 is 101 Å². The molecule has 0 aliphatic carbocycles. The fraction of sp³-hybridized carbons (Fsp3) is 0.579. The maximum Gasteiger partial charge on any atom is 0.328 e. The number of aromatic amines is 1. The maximum atomic E-state index is 14.4. The number of phenolic OH excluding ortho intramolecular Hbond substituents is 1. The molecule has 0 radical (unpaired) electrons. The lowest BCUT2D eigenvalue weighted by Gasteiger charge is -2.30. The zero-order valence-corrected chi connectivity index (χ0v) is 68.7. The second kappa shape index (κ2) is 50.7. The molecule has 0 aliphatic heterocycles. The number of hydrogen-bond donors (Lipinski definition) is 26. The Hall–Kier alpha value is -12.0. The molecular formula is C76H118N20O24. The molecule has 44 nitrogen and oxygen atoms in total. The molecule has 19 atom stereocenters. The summed E-state index contributed by atoms with van der Waals surface area (Å²) in [6, 6.07) is -11.0. The summed E-state index contributed by atoms with van der Waals surface area (Å²) in [5, 5.41) is 114. The van der Waals surface area contributed by atoms with E-state index in [1.54, 1.807) is 71.9 Å². The van der Waals surface area contributed by atoms with E-state index in [0.717, 1.165) is 20.8 Å². The lowest BCUT2D eigenvalue weighted by Crippen LogP contribution is -2.62. The predicted molar refractivity (Wildman–Crippen MR) is 428 cm³/mol. The van der Waals surface area contributed by atoms with E-state index in [4.69, 9.17) is 17.2 Å². The van der Waals surface area contributed by atoms with Crippen LogP contribution in [-0.4, -0.2) is 280 Å². The van der Waals surface area contributed by atoms with E-state index in [-0.39, 0.29) is 75.5 Å². The number of carbonyl (C=O) groups is 16. The number of guanidine groups is 1. The Bertz CT molecular complexity index is 3960. The highest BCUT2D eigenvalue weighted by Crippen LogP contribution is 2.17. The van der Waals surface area contributed by atoms with Crippen molar-refractivity contribution in [3.8, 4) is 5.75 Å². The fourth-order valence-corrected chi connectivity index (χ4v) is 11.7. The summed E-state index contributed by atoms with van der Waals surface area (Å²) in [5.41, 5.74) is 18.4. The molecule has 3 rings (SSSR count). The summed E-state index contributed by atoms with van der Waals surface area (Å²) in [6.45, 7) is 13.2. The smallest absolute Gasteiger partial charge is 0.328 e. The first-order valence-electron chi connectivity index (χ1n) is 38.9. The minimum atomic E-state index is -2.07. The third kappa shape index (κ3) is 35.3. The Kier molecular flexibility index (Phi) is 43.2. The average molecular weight is 1700 g/mol. The topological polar surface area (TPSA) is 722 Å². The maximum absolute atomic E-state index is 14.4. The number of carbonyl (C=O) groups excluding carboxylic acids is 14. The van der Waals surface area contributed by atoms with Gasteiger partial charge in [0.05, 0.1) is 50.3 Å². The quantitative estimate of drug-likeness (QED) is 0.0142. The van der Waals surface area contributed by atoms with Crippen LogP contribution in [0.2, 0.25) is 0 Å². The number of H-pyrrole nitrogens is 1. The van der Waals surface area contributed by atoms with Gasteiger partial charge < -0.3 is 137 Å². The zero-order valence-electron chi connectivity index (χ0n) is 68.7. The Morgan fingerprint density at radius 3 is 1.27 bits per heavy atom. The van der Waals surface area contributed by atoms with Gasteiger partial charge in [-0.3, -0.25) is 76.9 Å². The van der Waals surface area contributed by atoms with Crippen molar-refractivity contribution in [2.75, 3.05) is 19.8 Å². The van der Waals surface area contributed by atoms with Crippen LogP contribution in [0.4, 0.5) is 0 Å². The number of amides is 14. The van der Waals surface area contributed by atoms with E-state index in [0.29, 0.717) is 16.8 Å². The number of nitrogens with two attached hydrogens (primary N) is 3. The second-order valence-corrected chi connectivity index (χ2v) is 30.0. The fourth-order valence-electron chi connectivity index (χ4n) is 11.7. The molecule has 44 heteroatoms. The summed E-state index contributed by atoms with van der Waals surface area (Å²) >= 11 is 0. The van der Waals surface area contributed by atoms with Crippen LogP contribution in [0.5, 0.6) is 5.75 Å². The molecule has 0 bridgehead atoms. The van der Waals surface area contributed by atoms with Crippen molar-refractivity contribution in [3.05, 3.63) is 83.9 Å². The Morgan fingerprint density at radius 2 is 0.817 bits per heavy atom. The molecule has 3 aromatic rings. The number of nitrogens with zero attached hydrogens (tertiary/aromatic N) is 2. The van der Waals surface area contributed by atoms with E-state index in [9.17, 15) is 118 Å². The molecule has 0 unspecified atom stereocenters. The van der Waals surface area contributed by atoms with Crippen molar-refractivity contribution in [1.82, 2.24) is 84.4 Å². The van der Waals surface area contributed by atoms with E-state index in [1.807, 2.05) is 0 Å². The highest BCUT2D eigenvalue weighted by Gasteiger charge is 2.40. The summed E-state index contributed by atoms with van der Waals surface area (Å²) in [6.07, 6.45) is -4.33. The molecule has 666 valence electrons. The van der Waals surface area contributed by atoms with Gasteiger partial charge in [-0.1, -0.05) is 90.4 Å². The SMILES string of the molecule is CC[C@H](C)[C@H](NC(=O)[C@H](CC(C)C)NC(=O)[C@H](Cc1cnc[nH]1)NC(=O)[C@H](C)NC(=O)[C@H](CC(C)C)NC(=O)[C@H](CC(=O)O)NC(=O)[C@H](CO)NC(=O)[C@H](CCCN=C(N)N)NC(=O)[C@H](C)NC(=O)[C@H](CO)NC(=O)[C@H](Cc1ccccc1)NC(=O)[C@@H](NC(=O)[C@@H](N)Cc1ccc(O)cc1)[C@@H](C)O)C(=O)N[C@H](C(=O)N[C@H](C(=O)O)[C@@H](C)O)[C@@H](C)O. The summed E-state index contributed by atoms with van der Waals surface area (Å²) in [7, 11) is 0. The van der Waals surface area contributed by atoms with Gasteiger partial charge in [-0.25, -0.2) is 9.78 Å². The van der Waals surface area contributed by atoms with Crippen LogP contribution < -0.4 is 91.6 Å². The monoisotopic (exact) mass is 1690 g/mol. The van der Waals surface area contributed by atoms with Crippen LogP contribution in [0.25, 0.3) is 0 Å². The number of aliphatic carboxylic acids is 2. The van der Waals surface area contributed by atoms with E-state index >= 15 is 0 Å². The third-order valence-corrected chi connectivity index (χ3v) is 18.6. The van der Waals surface area contributed by atoms with Gasteiger partial charge in [-0.2, -0.15) is 0 Å². The predicted octanol–water partition coefficient (Wildman–Crippen LogP) is -7.82. The molecular weight excluding hydrogens is 1580 g/mol. The van der Waals surface area contributed by atoms with Gasteiger partial charge in [0, 0.05) is 31.3 Å². The van der Waals surface area contributed by atoms with Crippen LogP contribution in [0.3, 0.4) is 0 Å². The highest BCUT2D eigenvalue weighted by atomic mass is 16.4. The number of aromatic nitrogens is 2. The van der Waals surface area contributed by atoms with Crippen LogP contribution >= 0.6 is 0 Å². The van der Waals surface area contributed by atoms with Crippen LogP contribution in [0.15, 0.2) is 72.1 Å². The number of aliphatic hydroxyl groups is 5. The minimum absolute atomic E-state index is 0.0356. The molecule has 0 saturated heterocycles. The van der Waals surface area contributed by atoms with Gasteiger partial charge in [0.2, 0.25) is 82.7 Å². The number of carboxylic acids is 2. The van der Waals surface area contributed by atoms with Crippen LogP contribution in [0.1, 0.15) is 132 Å². The molecule has 0 fully saturated rings. The first-order valence-corrected chi connectivity index (χ1v) is 38.9. The standard InChI is InChI=1S/C76H118N20O24/c1-12-37(6)57(72(116)95-59(41(10)100)74(118)96-60(42(11)101)75(119)120)93-69(113)50(26-36(4)5)88-67(111)52(29-45-31-80-34-82-45)86-62(106)39(8)83-65(109)49(25-35(2)3)87-68(112)53(30-56(103)104)89-71(115)55(33-98)91-64(108)48(19-16-24-81-76(78)79)85-61(105)38(7)84-70(114)54(32-97)92-66(110)51(28-43-17-14-13-15-18-43)90-73(117)58(40(9)99)94-63(107)47(77)27-44-20-22-46(102)23-21-44/h13-15,17-18,20-23,31,34-42,47-55,57-60,97-102H,12,16,19,24-30,32-33,77H2,1-11H3,(H,80,82)(H,83,109)(H,84,114)(H,85,105)(H,86,106)(H,87,112)(H,88,111)(H,89,115)(H,90,117)(H,91,108)(H,92,110)(H,93,113)(H,94,107)(H,95,116)(H,96,118)(H,103,104)(H,119,120)(H4,78,79,81)/t37-,38-,39-,40+,41+,42+,47-,48-,49-,50-,51-,52-,53-,54-,55-,57-,58-,59-,60-/m0/s1. The first kappa shape index (κ1) is 102. The van der Waals surface area contributed by atoms with Crippen molar-refractivity contribution in [2.24, 2.45) is 39.9 Å². The normalized spacial score (nSPS) is 16.0. The van der Waals surface area contributed by atoms with Crippen molar-refractivity contribution in [2.45, 2.75) is 243 Å². The number of imidazole rings is 1. The first-order chi connectivity index (χ1) is 56.3. The number of aliphatic hydroxyl groups excluding tert-OH is 5. The number of aromatic hydroxyl groups is 1. The lowest BCUT2D eigenvalue weighted by atomic mass is 9.96. The van der Waals surface area contributed by atoms with E-state index in [2.05, 4.69) is 89.4 Å². The van der Waals surface area contributed by atoms with Gasteiger partial charge in [-0.15, -0.1) is 0 Å². The molecule has 1 heterocycles. The van der Waals surface area contributed by atoms with Crippen LogP contribution in [-0.2, 0) is 96.0 Å². The largest absolute Gasteiger partial charge is 0.508 e. The van der Waals surface area contributed by atoms with Gasteiger partial charge in [-0.05, 0) is 108 Å². The second-order valence-electron chi connectivity index (χ2n) is 30.0. The Labute approximate surface area is 692 Å². The Balaban J connectivity index is 1.82. The van der Waals surface area contributed by atoms with Gasteiger partial charge in [0.15, 0.2) is 12.0 Å². The average Bonchev–Trinajstić information content (AvgIpc) is 1.58. The number of nitrogens with one attached hydrogen (secondary N) is 15. The molecule has 29 N–H and O–H groups in total. The van der Waals surface area contributed by atoms with Gasteiger partial charge in [0.1, 0.15) is 84.3 Å². The number of benzene rings is 2. The van der Waals surface area contributed by atoms with Crippen molar-refractivity contribution in [1.29, 1.82) is 0 Å². The zero-order chi connectivity index (χ0) is 90.5. The number of rotatable bonds is 52. The van der Waals surface area contributed by atoms with E-state index in [1.165, 1.54) is 50.6 Å². The number of phenols is 1. The molecule has 2 aromatic carbocycles. The van der Waals surface area contributed by atoms with E-state index < -0.39 is 235 Å². The number of carboxylic acid groups (broad SMARTS) is 2. The summed E-state index contributed by atoms with van der Waals surface area (Å²) < 4.78 is 0. The third-order valence-electron chi connectivity index (χ3n) is 18.6. The Morgan fingerprint density at radius 1 is 0.433 bits per heavy atom. The molecule has 0 saturated carbocycles. The summed E-state index contributed by atoms with van der Waals surface area (Å²) in [5.74, 6) is -20.3. The molecule has 120 heavy (non-hydrogen) atoms. The summed E-state index contributed by atoms with van der Waals surface area (Å²) in [4.78, 5) is 230. The van der Waals surface area contributed by atoms with Gasteiger partial charge in [0.25, 0.3) is 0 Å². The lowest BCUT2D eigenvalue weighted by molar-refractivity contribution is -0.146.